The number of fused-ring (bicyclic) bond motifs is 1. The molecule has 2 aliphatic rings. The highest BCUT2D eigenvalue weighted by Crippen LogP contribution is 2.38. The summed E-state index contributed by atoms with van der Waals surface area (Å²) >= 11 is 0. The summed E-state index contributed by atoms with van der Waals surface area (Å²) in [6.07, 6.45) is 0.731. The Morgan fingerprint density at radius 1 is 1.45 bits per heavy atom. The highest BCUT2D eigenvalue weighted by molar-refractivity contribution is 5.85. The number of nitrogens with two attached hydrogens (primary N) is 1. The van der Waals surface area contributed by atoms with Gasteiger partial charge in [0.25, 0.3) is 0 Å². The van der Waals surface area contributed by atoms with Crippen molar-refractivity contribution in [1.82, 2.24) is 0 Å². The van der Waals surface area contributed by atoms with Crippen molar-refractivity contribution in [2.24, 2.45) is 11.1 Å². The van der Waals surface area contributed by atoms with Crippen molar-refractivity contribution in [3.8, 4) is 0 Å². The van der Waals surface area contributed by atoms with Crippen molar-refractivity contribution < 1.29 is 14.6 Å². The maximum atomic E-state index is 11.6. The third-order valence-corrected chi connectivity index (χ3v) is 4.36. The minimum absolute atomic E-state index is 0.130. The van der Waals surface area contributed by atoms with Gasteiger partial charge in [-0.2, -0.15) is 0 Å². The van der Waals surface area contributed by atoms with E-state index in [9.17, 15) is 9.90 Å². The van der Waals surface area contributed by atoms with Crippen molar-refractivity contribution in [2.45, 2.75) is 12.3 Å². The van der Waals surface area contributed by atoms with Crippen LogP contribution < -0.4 is 10.6 Å². The number of nitrogens with zero attached hydrogens (tertiary/aromatic N) is 1. The van der Waals surface area contributed by atoms with Gasteiger partial charge in [-0.05, 0) is 18.1 Å². The number of aliphatic hydroxyl groups excluding tert-OH is 1. The molecule has 1 aromatic rings. The van der Waals surface area contributed by atoms with Gasteiger partial charge in [-0.15, -0.1) is 0 Å². The first-order valence-corrected chi connectivity index (χ1v) is 6.97. The lowest BCUT2D eigenvalue weighted by atomic mass is 9.83. The molecule has 0 spiro atoms. The molecular formula is C15H20N2O3. The summed E-state index contributed by atoms with van der Waals surface area (Å²) in [6.45, 7) is 2.87. The summed E-state index contributed by atoms with van der Waals surface area (Å²) < 4.78 is 5.26. The molecule has 108 valence electrons. The molecule has 1 unspecified atom stereocenters. The van der Waals surface area contributed by atoms with Crippen LogP contribution in [0.25, 0.3) is 0 Å². The Kier molecular flexibility index (Phi) is 3.40. The van der Waals surface area contributed by atoms with Gasteiger partial charge in [0.1, 0.15) is 0 Å². The van der Waals surface area contributed by atoms with E-state index in [1.54, 1.807) is 0 Å². The van der Waals surface area contributed by atoms with Gasteiger partial charge in [0.05, 0.1) is 31.2 Å². The van der Waals surface area contributed by atoms with Crippen LogP contribution in [0.1, 0.15) is 17.9 Å². The molecule has 1 atom stereocenters. The molecule has 0 aliphatic carbocycles. The number of para-hydroxylation sites is 1. The van der Waals surface area contributed by atoms with Crippen LogP contribution in [0.5, 0.6) is 0 Å². The molecule has 0 radical (unpaired) electrons. The highest BCUT2D eigenvalue weighted by atomic mass is 16.5. The number of hydrogen-bond acceptors (Lipinski definition) is 4. The maximum absolute atomic E-state index is 11.6. The maximum Gasteiger partial charge on any atom is 0.225 e. The predicted octanol–water partition coefficient (Wildman–Crippen LogP) is 0.475. The lowest BCUT2D eigenvalue weighted by Crippen LogP contribution is -2.54. The fourth-order valence-corrected chi connectivity index (χ4v) is 3.12. The summed E-state index contributed by atoms with van der Waals surface area (Å²) in [7, 11) is 0. The van der Waals surface area contributed by atoms with E-state index in [1.165, 1.54) is 0 Å². The van der Waals surface area contributed by atoms with Crippen LogP contribution >= 0.6 is 0 Å². The second-order valence-corrected chi connectivity index (χ2v) is 5.87. The van der Waals surface area contributed by atoms with Crippen molar-refractivity contribution in [3.05, 3.63) is 29.8 Å². The van der Waals surface area contributed by atoms with E-state index < -0.39 is 0 Å². The quantitative estimate of drug-likeness (QED) is 0.838. The number of amides is 1. The molecule has 20 heavy (non-hydrogen) atoms. The van der Waals surface area contributed by atoms with Gasteiger partial charge in [0.2, 0.25) is 5.91 Å². The predicted molar refractivity (Wildman–Crippen MR) is 75.5 cm³/mol. The molecule has 0 saturated carbocycles. The Balaban J connectivity index is 1.87. The average molecular weight is 276 g/mol. The topological polar surface area (TPSA) is 75.8 Å². The largest absolute Gasteiger partial charge is 0.396 e. The van der Waals surface area contributed by atoms with Crippen LogP contribution in [-0.4, -0.2) is 43.9 Å². The number of anilines is 1. The van der Waals surface area contributed by atoms with Crippen LogP contribution in [0, 0.1) is 5.41 Å². The van der Waals surface area contributed by atoms with E-state index in [1.807, 2.05) is 24.3 Å². The first-order valence-electron chi connectivity index (χ1n) is 6.97. The molecule has 1 aromatic carbocycles. The SMILES string of the molecule is NC(=O)C1CCN(CC2(CO)COC2)c2ccccc21. The monoisotopic (exact) mass is 276 g/mol. The smallest absolute Gasteiger partial charge is 0.225 e. The fraction of sp³-hybridized carbons (Fsp3) is 0.533. The van der Waals surface area contributed by atoms with E-state index >= 15 is 0 Å². The van der Waals surface area contributed by atoms with E-state index in [-0.39, 0.29) is 23.8 Å². The van der Waals surface area contributed by atoms with Gasteiger partial charge in [0, 0.05) is 18.8 Å². The van der Waals surface area contributed by atoms with Crippen molar-refractivity contribution >= 4 is 11.6 Å². The number of rotatable bonds is 4. The molecule has 2 aliphatic heterocycles. The molecule has 2 heterocycles. The molecule has 5 nitrogen and oxygen atoms in total. The van der Waals surface area contributed by atoms with Crippen LogP contribution in [0.2, 0.25) is 0 Å². The average Bonchev–Trinajstić information content (AvgIpc) is 2.42. The van der Waals surface area contributed by atoms with E-state index in [4.69, 9.17) is 10.5 Å². The Bertz CT molecular complexity index is 508. The third-order valence-electron chi connectivity index (χ3n) is 4.36. The summed E-state index contributed by atoms with van der Waals surface area (Å²) in [5, 5.41) is 9.57. The Morgan fingerprint density at radius 3 is 2.80 bits per heavy atom. The molecule has 1 amide bonds. The van der Waals surface area contributed by atoms with Gasteiger partial charge in [0.15, 0.2) is 0 Å². The lowest BCUT2D eigenvalue weighted by Gasteiger charge is -2.46. The highest BCUT2D eigenvalue weighted by Gasteiger charge is 2.41. The molecular weight excluding hydrogens is 256 g/mol. The summed E-state index contributed by atoms with van der Waals surface area (Å²) in [5.41, 5.74) is 7.40. The molecule has 0 aromatic heterocycles. The molecule has 5 heteroatoms. The lowest BCUT2D eigenvalue weighted by molar-refractivity contribution is -0.131. The molecule has 0 bridgehead atoms. The third kappa shape index (κ3) is 2.17. The summed E-state index contributed by atoms with van der Waals surface area (Å²) in [5.74, 6) is -0.467. The van der Waals surface area contributed by atoms with Crippen LogP contribution in [0.4, 0.5) is 5.69 Å². The number of primary amides is 1. The second kappa shape index (κ2) is 5.07. The Morgan fingerprint density at radius 2 is 2.20 bits per heavy atom. The van der Waals surface area contributed by atoms with Gasteiger partial charge in [-0.1, -0.05) is 18.2 Å². The van der Waals surface area contributed by atoms with E-state index in [0.717, 1.165) is 30.8 Å². The van der Waals surface area contributed by atoms with E-state index in [0.29, 0.717) is 13.2 Å². The number of carbonyl (C=O) groups excluding carboxylic acids is 1. The fourth-order valence-electron chi connectivity index (χ4n) is 3.12. The number of carbonyl (C=O) groups is 1. The zero-order valence-electron chi connectivity index (χ0n) is 11.4. The van der Waals surface area contributed by atoms with Gasteiger partial charge < -0.3 is 20.5 Å². The van der Waals surface area contributed by atoms with Crippen LogP contribution in [0.3, 0.4) is 0 Å². The number of ether oxygens (including phenoxy) is 1. The van der Waals surface area contributed by atoms with Gasteiger partial charge >= 0.3 is 0 Å². The normalized spacial score (nSPS) is 23.9. The first-order chi connectivity index (χ1) is 9.65. The minimum Gasteiger partial charge on any atom is -0.396 e. The summed E-state index contributed by atoms with van der Waals surface area (Å²) in [4.78, 5) is 13.8. The van der Waals surface area contributed by atoms with Crippen molar-refractivity contribution in [2.75, 3.05) is 37.8 Å². The Hall–Kier alpha value is -1.59. The van der Waals surface area contributed by atoms with Crippen molar-refractivity contribution in [1.29, 1.82) is 0 Å². The van der Waals surface area contributed by atoms with Crippen LogP contribution in [-0.2, 0) is 9.53 Å². The number of benzene rings is 1. The first kappa shape index (κ1) is 13.4. The number of hydrogen-bond donors (Lipinski definition) is 2. The van der Waals surface area contributed by atoms with E-state index in [2.05, 4.69) is 4.90 Å². The second-order valence-electron chi connectivity index (χ2n) is 5.87. The Labute approximate surface area is 118 Å². The molecule has 3 rings (SSSR count). The summed E-state index contributed by atoms with van der Waals surface area (Å²) in [6, 6.07) is 7.90. The number of aliphatic hydroxyl groups is 1. The zero-order chi connectivity index (χ0) is 14.2. The zero-order valence-corrected chi connectivity index (χ0v) is 11.4. The molecule has 1 saturated heterocycles. The molecule has 3 N–H and O–H groups in total. The molecule has 1 fully saturated rings. The van der Waals surface area contributed by atoms with Gasteiger partial charge in [-0.25, -0.2) is 0 Å². The van der Waals surface area contributed by atoms with Crippen LogP contribution in [0.15, 0.2) is 24.3 Å². The standard InChI is InChI=1S/C15H20N2O3/c16-14(19)12-5-6-17(7-15(8-18)9-20-10-15)13-4-2-1-3-11(12)13/h1-4,12,18H,5-10H2,(H2,16,19). The van der Waals surface area contributed by atoms with Gasteiger partial charge in [-0.3, -0.25) is 4.79 Å². The van der Waals surface area contributed by atoms with Crippen molar-refractivity contribution in [3.63, 3.8) is 0 Å². The minimum atomic E-state index is -0.263.